The fourth-order valence-electron chi connectivity index (χ4n) is 3.04. The van der Waals surface area contributed by atoms with E-state index >= 15 is 0 Å². The maximum atomic E-state index is 12.5. The highest BCUT2D eigenvalue weighted by molar-refractivity contribution is 5.96. The number of methoxy groups -OCH3 is 1. The Hall–Kier alpha value is -3.68. The van der Waals surface area contributed by atoms with Gasteiger partial charge in [-0.25, -0.2) is 0 Å². The van der Waals surface area contributed by atoms with Gasteiger partial charge in [-0.1, -0.05) is 18.2 Å². The van der Waals surface area contributed by atoms with Crippen LogP contribution in [0.5, 0.6) is 5.75 Å². The number of hydrogen-bond acceptors (Lipinski definition) is 5. The van der Waals surface area contributed by atoms with Crippen LogP contribution >= 0.6 is 0 Å². The van der Waals surface area contributed by atoms with Crippen LogP contribution in [-0.2, 0) is 11.2 Å². The van der Waals surface area contributed by atoms with Crippen LogP contribution in [0.25, 0.3) is 16.6 Å². The highest BCUT2D eigenvalue weighted by atomic mass is 16.5. The number of hydrogen-bond donors (Lipinski definition) is 2. The maximum absolute atomic E-state index is 12.5. The van der Waals surface area contributed by atoms with Gasteiger partial charge < -0.3 is 15.0 Å². The molecule has 2 aromatic carbocycles. The van der Waals surface area contributed by atoms with Crippen LogP contribution < -0.4 is 10.1 Å². The van der Waals surface area contributed by atoms with Gasteiger partial charge in [0.05, 0.1) is 13.5 Å². The second-order valence-electron chi connectivity index (χ2n) is 6.11. The third-order valence-electron chi connectivity index (χ3n) is 4.34. The monoisotopic (exact) mass is 362 g/mol. The number of aromatic nitrogens is 5. The van der Waals surface area contributed by atoms with Crippen molar-refractivity contribution in [2.45, 2.75) is 13.3 Å². The molecule has 0 aliphatic heterocycles. The van der Waals surface area contributed by atoms with Gasteiger partial charge in [0.1, 0.15) is 11.4 Å². The molecule has 4 aromatic rings. The molecule has 8 heteroatoms. The number of carbonyl (C=O) groups excluding carboxylic acids is 1. The molecule has 0 spiro atoms. The van der Waals surface area contributed by atoms with E-state index in [9.17, 15) is 4.79 Å². The summed E-state index contributed by atoms with van der Waals surface area (Å²) >= 11 is 0. The van der Waals surface area contributed by atoms with Gasteiger partial charge in [0, 0.05) is 22.8 Å². The molecule has 0 saturated carbocycles. The number of benzene rings is 2. The summed E-state index contributed by atoms with van der Waals surface area (Å²) in [6.45, 7) is 1.79. The highest BCUT2D eigenvalue weighted by Crippen LogP contribution is 2.26. The van der Waals surface area contributed by atoms with Crippen LogP contribution in [0.3, 0.4) is 0 Å². The van der Waals surface area contributed by atoms with Gasteiger partial charge in [-0.3, -0.25) is 4.79 Å². The Labute approximate surface area is 155 Å². The fraction of sp³-hybridized carbons (Fsp3) is 0.158. The van der Waals surface area contributed by atoms with Crippen LogP contribution in [-0.4, -0.2) is 38.2 Å². The third-order valence-corrected chi connectivity index (χ3v) is 4.34. The molecule has 0 aliphatic carbocycles. The maximum Gasteiger partial charge on any atom is 0.228 e. The first-order chi connectivity index (χ1) is 13.2. The smallest absolute Gasteiger partial charge is 0.228 e. The summed E-state index contributed by atoms with van der Waals surface area (Å²) in [5.74, 6) is 1.12. The highest BCUT2D eigenvalue weighted by Gasteiger charge is 2.13. The first-order valence-corrected chi connectivity index (χ1v) is 8.44. The van der Waals surface area contributed by atoms with Crippen molar-refractivity contribution in [2.24, 2.45) is 0 Å². The van der Waals surface area contributed by atoms with Crippen molar-refractivity contribution >= 4 is 22.5 Å². The lowest BCUT2D eigenvalue weighted by Crippen LogP contribution is -2.14. The molecule has 0 atom stereocenters. The Morgan fingerprint density at radius 2 is 2.11 bits per heavy atom. The number of amides is 1. The van der Waals surface area contributed by atoms with Crippen LogP contribution in [0.4, 0.5) is 5.69 Å². The zero-order valence-electron chi connectivity index (χ0n) is 14.9. The number of anilines is 1. The van der Waals surface area contributed by atoms with Gasteiger partial charge in [-0.2, -0.15) is 4.68 Å². The largest absolute Gasteiger partial charge is 0.494 e. The average Bonchev–Trinajstić information content (AvgIpc) is 3.28. The lowest BCUT2D eigenvalue weighted by atomic mass is 10.1. The number of rotatable bonds is 5. The molecule has 0 unspecified atom stereocenters. The molecule has 136 valence electrons. The standard InChI is InChI=1S/C19H18N6O2/c1-12-22-23-24-25(12)17-10-14(7-8-18(17)27-2)21-19(26)9-13-11-20-16-6-4-3-5-15(13)16/h3-8,10-11,20H,9H2,1-2H3,(H,21,26). The zero-order valence-corrected chi connectivity index (χ0v) is 14.9. The van der Waals surface area contributed by atoms with E-state index < -0.39 is 0 Å². The van der Waals surface area contributed by atoms with E-state index in [1.807, 2.05) is 30.5 Å². The van der Waals surface area contributed by atoms with Gasteiger partial charge >= 0.3 is 0 Å². The van der Waals surface area contributed by atoms with Gasteiger partial charge in [0.25, 0.3) is 0 Å². The predicted molar refractivity (Wildman–Crippen MR) is 101 cm³/mol. The van der Waals surface area contributed by atoms with Crippen LogP contribution in [0, 0.1) is 6.92 Å². The number of fused-ring (bicyclic) bond motifs is 1. The van der Waals surface area contributed by atoms with Crippen molar-refractivity contribution < 1.29 is 9.53 Å². The summed E-state index contributed by atoms with van der Waals surface area (Å²) < 4.78 is 6.95. The number of tetrazole rings is 1. The molecule has 0 aliphatic rings. The summed E-state index contributed by atoms with van der Waals surface area (Å²) in [6, 6.07) is 13.3. The molecule has 0 saturated heterocycles. The van der Waals surface area contributed by atoms with E-state index in [0.29, 0.717) is 22.9 Å². The van der Waals surface area contributed by atoms with Crippen LogP contribution in [0.1, 0.15) is 11.4 Å². The van der Waals surface area contributed by atoms with E-state index in [0.717, 1.165) is 16.5 Å². The van der Waals surface area contributed by atoms with E-state index in [4.69, 9.17) is 4.74 Å². The number of H-pyrrole nitrogens is 1. The number of nitrogens with one attached hydrogen (secondary N) is 2. The van der Waals surface area contributed by atoms with Gasteiger partial charge in [-0.05, 0) is 47.2 Å². The van der Waals surface area contributed by atoms with Gasteiger partial charge in [0.2, 0.25) is 5.91 Å². The number of para-hydroxylation sites is 1. The molecule has 2 heterocycles. The van der Waals surface area contributed by atoms with Crippen molar-refractivity contribution in [2.75, 3.05) is 12.4 Å². The van der Waals surface area contributed by atoms with Crippen LogP contribution in [0.2, 0.25) is 0 Å². The number of nitrogens with zero attached hydrogens (tertiary/aromatic N) is 4. The Morgan fingerprint density at radius 3 is 2.89 bits per heavy atom. The van der Waals surface area contributed by atoms with Crippen molar-refractivity contribution in [3.05, 3.63) is 60.0 Å². The predicted octanol–water partition coefficient (Wildman–Crippen LogP) is 2.64. The van der Waals surface area contributed by atoms with E-state index in [1.54, 1.807) is 36.9 Å². The first-order valence-electron chi connectivity index (χ1n) is 8.44. The minimum atomic E-state index is -0.107. The van der Waals surface area contributed by atoms with Crippen molar-refractivity contribution in [3.8, 4) is 11.4 Å². The molecule has 0 radical (unpaired) electrons. The second-order valence-corrected chi connectivity index (χ2v) is 6.11. The Bertz CT molecular complexity index is 1110. The number of aryl methyl sites for hydroxylation is 1. The molecule has 2 N–H and O–H groups in total. The first kappa shape index (κ1) is 16.8. The lowest BCUT2D eigenvalue weighted by molar-refractivity contribution is -0.115. The number of carbonyl (C=O) groups is 1. The molecule has 8 nitrogen and oxygen atoms in total. The zero-order chi connectivity index (χ0) is 18.8. The molecule has 4 rings (SSSR count). The number of ether oxygens (including phenoxy) is 1. The Morgan fingerprint density at radius 1 is 1.26 bits per heavy atom. The molecule has 2 aromatic heterocycles. The summed E-state index contributed by atoms with van der Waals surface area (Å²) in [4.78, 5) is 15.7. The minimum Gasteiger partial charge on any atom is -0.494 e. The van der Waals surface area contributed by atoms with Crippen LogP contribution in [0.15, 0.2) is 48.7 Å². The normalized spacial score (nSPS) is 10.9. The topological polar surface area (TPSA) is 97.7 Å². The second kappa shape index (κ2) is 6.91. The van der Waals surface area contributed by atoms with Crippen molar-refractivity contribution in [3.63, 3.8) is 0 Å². The van der Waals surface area contributed by atoms with E-state index in [1.165, 1.54) is 0 Å². The summed E-state index contributed by atoms with van der Waals surface area (Å²) in [7, 11) is 1.58. The van der Waals surface area contributed by atoms with E-state index in [2.05, 4.69) is 25.8 Å². The molecule has 1 amide bonds. The Kier molecular flexibility index (Phi) is 4.29. The van der Waals surface area contributed by atoms with Gasteiger partial charge in [0.15, 0.2) is 5.82 Å². The summed E-state index contributed by atoms with van der Waals surface area (Å²) in [6.07, 6.45) is 2.14. The van der Waals surface area contributed by atoms with Gasteiger partial charge in [-0.15, -0.1) is 5.10 Å². The quantitative estimate of drug-likeness (QED) is 0.569. The summed E-state index contributed by atoms with van der Waals surface area (Å²) in [5.41, 5.74) is 3.27. The van der Waals surface area contributed by atoms with Crippen molar-refractivity contribution in [1.82, 2.24) is 25.2 Å². The van der Waals surface area contributed by atoms with Crippen molar-refractivity contribution in [1.29, 1.82) is 0 Å². The molecular formula is C19H18N6O2. The molecule has 0 bridgehead atoms. The fourth-order valence-corrected chi connectivity index (χ4v) is 3.04. The molecule has 0 fully saturated rings. The molecule has 27 heavy (non-hydrogen) atoms. The molecular weight excluding hydrogens is 344 g/mol. The average molecular weight is 362 g/mol. The lowest BCUT2D eigenvalue weighted by Gasteiger charge is -2.11. The minimum absolute atomic E-state index is 0.107. The van der Waals surface area contributed by atoms with E-state index in [-0.39, 0.29) is 12.3 Å². The number of aromatic amines is 1. The Balaban J connectivity index is 1.57. The summed E-state index contributed by atoms with van der Waals surface area (Å²) in [5, 5.41) is 15.5. The third kappa shape index (κ3) is 3.24. The SMILES string of the molecule is COc1ccc(NC(=O)Cc2c[nH]c3ccccc23)cc1-n1nnnc1C.